The van der Waals surface area contributed by atoms with E-state index in [0.717, 1.165) is 13.5 Å². The lowest BCUT2D eigenvalue weighted by molar-refractivity contribution is -0.697. The topological polar surface area (TPSA) is 44.0 Å². The number of aliphatic carboxylic acids is 1. The number of carbonyl (C=O) groups excluding carboxylic acids is 1. The van der Waals surface area contributed by atoms with Crippen molar-refractivity contribution in [3.8, 4) is 0 Å². The number of carboxylic acids is 1. The molecule has 1 aromatic heterocycles. The number of rotatable bonds is 4. The van der Waals surface area contributed by atoms with E-state index in [1.54, 1.807) is 0 Å². The normalized spacial score (nSPS) is 8.93. The van der Waals surface area contributed by atoms with E-state index in [-0.39, 0.29) is 0 Å². The molecule has 0 aliphatic rings. The fraction of sp³-hybridized carbons (Fsp3) is 0.500. The van der Waals surface area contributed by atoms with Crippen LogP contribution >= 0.6 is 0 Å². The maximum absolute atomic E-state index is 8.89. The van der Waals surface area contributed by atoms with E-state index < -0.39 is 5.97 Å². The Hall–Kier alpha value is -1.38. The third-order valence-electron chi connectivity index (χ3n) is 1.80. The number of carbonyl (C=O) groups is 1. The molecule has 0 aromatic carbocycles. The Balaban J connectivity index is 0.000000423. The van der Waals surface area contributed by atoms with Gasteiger partial charge in [-0.1, -0.05) is 19.4 Å². The molecule has 0 amide bonds. The number of aromatic nitrogens is 1. The summed E-state index contributed by atoms with van der Waals surface area (Å²) in [7, 11) is 0. The Morgan fingerprint density at radius 3 is 2.20 bits per heavy atom. The van der Waals surface area contributed by atoms with Crippen LogP contribution in [-0.2, 0) is 11.3 Å². The molecular formula is C12H19NO2. The molecule has 3 heteroatoms. The van der Waals surface area contributed by atoms with Crippen LogP contribution in [0.5, 0.6) is 0 Å². The molecule has 0 aliphatic carbocycles. The molecule has 0 saturated heterocycles. The van der Waals surface area contributed by atoms with Crippen molar-refractivity contribution in [1.29, 1.82) is 0 Å². The summed E-state index contributed by atoms with van der Waals surface area (Å²) in [5, 5.41) is 8.89. The van der Waals surface area contributed by atoms with Crippen LogP contribution in [0.1, 0.15) is 33.1 Å². The Labute approximate surface area is 91.4 Å². The van der Waals surface area contributed by atoms with E-state index >= 15 is 0 Å². The van der Waals surface area contributed by atoms with Crippen LogP contribution in [0.15, 0.2) is 30.6 Å². The largest absolute Gasteiger partial charge is 0.550 e. The number of carboxylic acid groups (broad SMARTS) is 1. The highest BCUT2D eigenvalue weighted by molar-refractivity contribution is 5.60. The van der Waals surface area contributed by atoms with Crippen molar-refractivity contribution in [2.75, 3.05) is 0 Å². The molecule has 0 bridgehead atoms. The van der Waals surface area contributed by atoms with Crippen LogP contribution in [-0.4, -0.2) is 5.97 Å². The number of aryl methyl sites for hydroxylation is 1. The Morgan fingerprint density at radius 2 is 1.73 bits per heavy atom. The summed E-state index contributed by atoms with van der Waals surface area (Å²) < 4.78 is 2.23. The van der Waals surface area contributed by atoms with Crippen LogP contribution in [0.3, 0.4) is 0 Å². The number of nitrogens with zero attached hydrogens (tertiary/aromatic N) is 1. The first-order valence-electron chi connectivity index (χ1n) is 5.28. The average Bonchev–Trinajstić information content (AvgIpc) is 2.19. The van der Waals surface area contributed by atoms with E-state index in [0.29, 0.717) is 0 Å². The van der Waals surface area contributed by atoms with Gasteiger partial charge in [0, 0.05) is 24.5 Å². The molecule has 0 aliphatic heterocycles. The molecule has 15 heavy (non-hydrogen) atoms. The lowest BCUT2D eigenvalue weighted by Crippen LogP contribution is -2.31. The van der Waals surface area contributed by atoms with Crippen molar-refractivity contribution in [1.82, 2.24) is 0 Å². The smallest absolute Gasteiger partial charge is 0.168 e. The van der Waals surface area contributed by atoms with Crippen LogP contribution in [0.25, 0.3) is 0 Å². The molecule has 0 atom stereocenters. The molecule has 0 radical (unpaired) electrons. The minimum absolute atomic E-state index is 0.972. The summed E-state index contributed by atoms with van der Waals surface area (Å²) in [6, 6.07) is 6.20. The summed E-state index contributed by atoms with van der Waals surface area (Å²) in [6.45, 7) is 4.37. The van der Waals surface area contributed by atoms with E-state index in [1.807, 2.05) is 0 Å². The number of hydrogen-bond donors (Lipinski definition) is 0. The van der Waals surface area contributed by atoms with Gasteiger partial charge in [0.05, 0.1) is 0 Å². The fourth-order valence-electron chi connectivity index (χ4n) is 1.13. The summed E-state index contributed by atoms with van der Waals surface area (Å²) in [5.74, 6) is -1.08. The van der Waals surface area contributed by atoms with Gasteiger partial charge in [-0.25, -0.2) is 4.57 Å². The first-order chi connectivity index (χ1) is 7.16. The van der Waals surface area contributed by atoms with Gasteiger partial charge in [0.2, 0.25) is 0 Å². The predicted octanol–water partition coefficient (Wildman–Crippen LogP) is 0.920. The van der Waals surface area contributed by atoms with Gasteiger partial charge in [0.25, 0.3) is 0 Å². The minimum atomic E-state index is -1.08. The molecule has 1 aromatic rings. The second-order valence-corrected chi connectivity index (χ2v) is 3.31. The van der Waals surface area contributed by atoms with Gasteiger partial charge < -0.3 is 9.90 Å². The molecule has 84 valence electrons. The second kappa shape index (κ2) is 9.19. The zero-order valence-corrected chi connectivity index (χ0v) is 9.48. The van der Waals surface area contributed by atoms with Crippen molar-refractivity contribution in [2.45, 2.75) is 39.7 Å². The number of hydrogen-bond acceptors (Lipinski definition) is 2. The fourth-order valence-corrected chi connectivity index (χ4v) is 1.13. The van der Waals surface area contributed by atoms with Gasteiger partial charge in [-0.3, -0.25) is 0 Å². The van der Waals surface area contributed by atoms with Crippen LogP contribution in [0, 0.1) is 0 Å². The molecule has 1 heterocycles. The monoisotopic (exact) mass is 209 g/mol. The van der Waals surface area contributed by atoms with E-state index in [1.165, 1.54) is 19.3 Å². The summed E-state index contributed by atoms with van der Waals surface area (Å²) in [5.41, 5.74) is 0. The molecule has 0 saturated carbocycles. The first kappa shape index (κ1) is 13.6. The number of pyridine rings is 1. The van der Waals surface area contributed by atoms with Crippen molar-refractivity contribution < 1.29 is 14.5 Å². The maximum atomic E-state index is 8.89. The van der Waals surface area contributed by atoms with Crippen molar-refractivity contribution in [3.05, 3.63) is 30.6 Å². The third kappa shape index (κ3) is 10.5. The quantitative estimate of drug-likeness (QED) is 0.546. The second-order valence-electron chi connectivity index (χ2n) is 3.31. The first-order valence-corrected chi connectivity index (χ1v) is 5.28. The average molecular weight is 209 g/mol. The standard InChI is InChI=1S/C10H16N.C2H4O2/c1-2-3-5-8-11-9-6-4-7-10-11;1-2(3)4/h4,6-7,9-10H,2-3,5,8H2,1H3;1H3,(H,3,4)/q+1;/p-1. The highest BCUT2D eigenvalue weighted by Crippen LogP contribution is 1.92. The van der Waals surface area contributed by atoms with E-state index in [2.05, 4.69) is 42.1 Å². The summed E-state index contributed by atoms with van der Waals surface area (Å²) in [6.07, 6.45) is 8.17. The lowest BCUT2D eigenvalue weighted by Gasteiger charge is -1.93. The Morgan fingerprint density at radius 1 is 1.20 bits per heavy atom. The molecule has 3 nitrogen and oxygen atoms in total. The lowest BCUT2D eigenvalue weighted by atomic mass is 10.2. The third-order valence-corrected chi connectivity index (χ3v) is 1.80. The highest BCUT2D eigenvalue weighted by atomic mass is 16.4. The molecule has 0 spiro atoms. The predicted molar refractivity (Wildman–Crippen MR) is 56.8 cm³/mol. The van der Waals surface area contributed by atoms with Gasteiger partial charge >= 0.3 is 0 Å². The summed E-state index contributed by atoms with van der Waals surface area (Å²) >= 11 is 0. The van der Waals surface area contributed by atoms with Crippen molar-refractivity contribution >= 4 is 5.97 Å². The van der Waals surface area contributed by atoms with E-state index in [9.17, 15) is 0 Å². The minimum Gasteiger partial charge on any atom is -0.550 e. The van der Waals surface area contributed by atoms with E-state index in [4.69, 9.17) is 9.90 Å². The molecular weight excluding hydrogens is 190 g/mol. The van der Waals surface area contributed by atoms with Gasteiger partial charge in [-0.05, 0) is 13.3 Å². The highest BCUT2D eigenvalue weighted by Gasteiger charge is 1.94. The molecule has 0 fully saturated rings. The Kier molecular flexibility index (Phi) is 8.34. The number of unbranched alkanes of at least 4 members (excludes halogenated alkanes) is 2. The molecule has 0 N–H and O–H groups in total. The van der Waals surface area contributed by atoms with Crippen molar-refractivity contribution in [3.63, 3.8) is 0 Å². The molecule has 0 unspecified atom stereocenters. The summed E-state index contributed by atoms with van der Waals surface area (Å²) in [4.78, 5) is 8.89. The van der Waals surface area contributed by atoms with Gasteiger partial charge in [-0.2, -0.15) is 0 Å². The van der Waals surface area contributed by atoms with Gasteiger partial charge in [0.1, 0.15) is 6.54 Å². The maximum Gasteiger partial charge on any atom is 0.168 e. The Bertz CT molecular complexity index is 256. The van der Waals surface area contributed by atoms with Crippen LogP contribution in [0.4, 0.5) is 0 Å². The zero-order valence-electron chi connectivity index (χ0n) is 9.48. The zero-order chi connectivity index (χ0) is 11.5. The van der Waals surface area contributed by atoms with Gasteiger partial charge in [0.15, 0.2) is 12.4 Å². The molecule has 1 rings (SSSR count). The van der Waals surface area contributed by atoms with Crippen molar-refractivity contribution in [2.24, 2.45) is 0 Å². The van der Waals surface area contributed by atoms with Gasteiger partial charge in [-0.15, -0.1) is 0 Å². The SMILES string of the molecule is CC(=O)[O-].CCCCC[n+]1ccccc1. The van der Waals surface area contributed by atoms with Crippen LogP contribution < -0.4 is 9.67 Å². The van der Waals surface area contributed by atoms with Crippen LogP contribution in [0.2, 0.25) is 0 Å².